The maximum Gasteiger partial charge on any atom is 0.341 e. The summed E-state index contributed by atoms with van der Waals surface area (Å²) < 4.78 is 5.05. The van der Waals surface area contributed by atoms with E-state index in [0.717, 1.165) is 27.3 Å². The molecule has 0 unspecified atom stereocenters. The number of thiophene rings is 1. The molecule has 3 rings (SSSR count). The van der Waals surface area contributed by atoms with Gasteiger partial charge in [0.15, 0.2) is 5.11 Å². The largest absolute Gasteiger partial charge is 0.465 e. The van der Waals surface area contributed by atoms with Crippen molar-refractivity contribution in [3.8, 4) is 11.1 Å². The molecule has 1 aromatic heterocycles. The molecule has 6 heteroatoms. The van der Waals surface area contributed by atoms with Crippen LogP contribution >= 0.6 is 23.6 Å². The lowest BCUT2D eigenvalue weighted by molar-refractivity contribution is 0.0603. The minimum atomic E-state index is -0.389. The first-order valence-corrected chi connectivity index (χ1v) is 10.1. The SMILES string of the molecule is COC(=O)c1c(NC(=S)Nc2ccc(C)cc2C)sc(C)c1-c1ccccc1. The van der Waals surface area contributed by atoms with Gasteiger partial charge in [0.25, 0.3) is 0 Å². The molecule has 0 aliphatic rings. The lowest BCUT2D eigenvalue weighted by Gasteiger charge is -2.13. The molecule has 3 aromatic rings. The molecule has 2 N–H and O–H groups in total. The number of hydrogen-bond donors (Lipinski definition) is 2. The normalized spacial score (nSPS) is 10.4. The molecule has 0 fully saturated rings. The van der Waals surface area contributed by atoms with Crippen molar-refractivity contribution in [2.24, 2.45) is 0 Å². The third-order valence-electron chi connectivity index (χ3n) is 4.39. The van der Waals surface area contributed by atoms with Crippen LogP contribution in [0.2, 0.25) is 0 Å². The fourth-order valence-corrected chi connectivity index (χ4v) is 4.44. The molecule has 0 atom stereocenters. The predicted molar refractivity (Wildman–Crippen MR) is 122 cm³/mol. The predicted octanol–water partition coefficient (Wildman–Crippen LogP) is 5.94. The number of methoxy groups -OCH3 is 1. The summed E-state index contributed by atoms with van der Waals surface area (Å²) in [5, 5.41) is 7.50. The Hall–Kier alpha value is -2.70. The fraction of sp³-hybridized carbons (Fsp3) is 0.182. The first kappa shape index (κ1) is 20.0. The summed E-state index contributed by atoms with van der Waals surface area (Å²) in [4.78, 5) is 13.6. The van der Waals surface area contributed by atoms with E-state index in [0.29, 0.717) is 15.7 Å². The van der Waals surface area contributed by atoms with E-state index >= 15 is 0 Å². The van der Waals surface area contributed by atoms with Crippen LogP contribution in [-0.2, 0) is 4.74 Å². The van der Waals surface area contributed by atoms with E-state index in [1.165, 1.54) is 24.0 Å². The summed E-state index contributed by atoms with van der Waals surface area (Å²) >= 11 is 6.98. The van der Waals surface area contributed by atoms with Gasteiger partial charge in [-0.3, -0.25) is 0 Å². The zero-order valence-electron chi connectivity index (χ0n) is 16.3. The van der Waals surface area contributed by atoms with Gasteiger partial charge in [0.1, 0.15) is 10.6 Å². The van der Waals surface area contributed by atoms with Crippen LogP contribution in [0.5, 0.6) is 0 Å². The Balaban J connectivity index is 1.93. The summed E-state index contributed by atoms with van der Waals surface area (Å²) in [6.07, 6.45) is 0. The highest BCUT2D eigenvalue weighted by Crippen LogP contribution is 2.40. The smallest absolute Gasteiger partial charge is 0.341 e. The minimum absolute atomic E-state index is 0.389. The van der Waals surface area contributed by atoms with Crippen molar-refractivity contribution < 1.29 is 9.53 Å². The first-order valence-electron chi connectivity index (χ1n) is 8.83. The van der Waals surface area contributed by atoms with Crippen LogP contribution in [0, 0.1) is 20.8 Å². The number of thiocarbonyl (C=S) groups is 1. The molecule has 0 saturated heterocycles. The van der Waals surface area contributed by atoms with E-state index in [1.807, 2.05) is 56.3 Å². The molecule has 0 saturated carbocycles. The van der Waals surface area contributed by atoms with Gasteiger partial charge in [-0.05, 0) is 50.2 Å². The average Bonchev–Trinajstić information content (AvgIpc) is 2.99. The lowest BCUT2D eigenvalue weighted by atomic mass is 10.0. The Morgan fingerprint density at radius 3 is 2.39 bits per heavy atom. The average molecular weight is 411 g/mol. The number of rotatable bonds is 4. The number of benzene rings is 2. The Bertz CT molecular complexity index is 1030. The van der Waals surface area contributed by atoms with Gasteiger partial charge in [-0.1, -0.05) is 48.0 Å². The van der Waals surface area contributed by atoms with Gasteiger partial charge in [-0.2, -0.15) is 0 Å². The molecule has 0 aliphatic carbocycles. The Morgan fingerprint density at radius 1 is 1.04 bits per heavy atom. The van der Waals surface area contributed by atoms with E-state index in [-0.39, 0.29) is 5.97 Å². The number of aryl methyl sites for hydroxylation is 3. The third kappa shape index (κ3) is 4.24. The molecular formula is C22H22N2O2S2. The van der Waals surface area contributed by atoms with E-state index < -0.39 is 0 Å². The third-order valence-corrected chi connectivity index (χ3v) is 5.62. The molecular weight excluding hydrogens is 388 g/mol. The van der Waals surface area contributed by atoms with Gasteiger partial charge in [0.05, 0.1) is 7.11 Å². The molecule has 2 aromatic carbocycles. The van der Waals surface area contributed by atoms with Crippen LogP contribution in [0.1, 0.15) is 26.4 Å². The van der Waals surface area contributed by atoms with Crippen LogP contribution in [0.15, 0.2) is 48.5 Å². The topological polar surface area (TPSA) is 50.4 Å². The minimum Gasteiger partial charge on any atom is -0.465 e. The standard InChI is InChI=1S/C22H22N2O2S2/c1-13-10-11-17(14(2)12-13)23-22(27)24-20-19(21(25)26-4)18(15(3)28-20)16-8-6-5-7-9-16/h5-12H,1-4H3,(H2,23,24,27). The summed E-state index contributed by atoms with van der Waals surface area (Å²) in [6.45, 7) is 6.07. The molecule has 0 bridgehead atoms. The number of hydrogen-bond acceptors (Lipinski definition) is 4. The molecule has 4 nitrogen and oxygen atoms in total. The molecule has 0 radical (unpaired) electrons. The van der Waals surface area contributed by atoms with Crippen LogP contribution in [0.25, 0.3) is 11.1 Å². The summed E-state index contributed by atoms with van der Waals surface area (Å²) in [7, 11) is 1.39. The zero-order chi connectivity index (χ0) is 20.3. The van der Waals surface area contributed by atoms with Gasteiger partial charge in [-0.15, -0.1) is 11.3 Å². The van der Waals surface area contributed by atoms with Crippen molar-refractivity contribution in [2.45, 2.75) is 20.8 Å². The molecule has 28 heavy (non-hydrogen) atoms. The maximum atomic E-state index is 12.6. The number of esters is 1. The first-order chi connectivity index (χ1) is 13.4. The number of carbonyl (C=O) groups excluding carboxylic acids is 1. The number of carbonyl (C=O) groups is 1. The van der Waals surface area contributed by atoms with Crippen LogP contribution in [0.3, 0.4) is 0 Å². The summed E-state index contributed by atoms with van der Waals surface area (Å²) in [5.41, 5.74) is 5.56. The van der Waals surface area contributed by atoms with Crippen molar-refractivity contribution in [1.82, 2.24) is 0 Å². The molecule has 0 aliphatic heterocycles. The number of anilines is 2. The summed E-state index contributed by atoms with van der Waals surface area (Å²) in [5.74, 6) is -0.389. The van der Waals surface area contributed by atoms with Crippen molar-refractivity contribution >= 4 is 45.3 Å². The molecule has 144 valence electrons. The number of nitrogens with one attached hydrogen (secondary N) is 2. The van der Waals surface area contributed by atoms with Crippen molar-refractivity contribution in [3.05, 3.63) is 70.1 Å². The monoisotopic (exact) mass is 410 g/mol. The maximum absolute atomic E-state index is 12.6. The van der Waals surface area contributed by atoms with E-state index in [4.69, 9.17) is 17.0 Å². The van der Waals surface area contributed by atoms with Crippen molar-refractivity contribution in [3.63, 3.8) is 0 Å². The molecule has 0 amide bonds. The highest BCUT2D eigenvalue weighted by molar-refractivity contribution is 7.80. The second-order valence-electron chi connectivity index (χ2n) is 6.49. The molecule has 1 heterocycles. The Morgan fingerprint density at radius 2 is 1.75 bits per heavy atom. The lowest BCUT2D eigenvalue weighted by Crippen LogP contribution is -2.20. The van der Waals surface area contributed by atoms with Crippen molar-refractivity contribution in [2.75, 3.05) is 17.7 Å². The van der Waals surface area contributed by atoms with E-state index in [9.17, 15) is 4.79 Å². The molecule has 0 spiro atoms. The van der Waals surface area contributed by atoms with Gasteiger partial charge in [-0.25, -0.2) is 4.79 Å². The zero-order valence-corrected chi connectivity index (χ0v) is 17.9. The van der Waals surface area contributed by atoms with Gasteiger partial charge < -0.3 is 15.4 Å². The second-order valence-corrected chi connectivity index (χ2v) is 8.13. The van der Waals surface area contributed by atoms with E-state index in [2.05, 4.69) is 23.6 Å². The van der Waals surface area contributed by atoms with Crippen LogP contribution in [-0.4, -0.2) is 18.2 Å². The van der Waals surface area contributed by atoms with E-state index in [1.54, 1.807) is 0 Å². The van der Waals surface area contributed by atoms with Gasteiger partial charge >= 0.3 is 5.97 Å². The highest BCUT2D eigenvalue weighted by Gasteiger charge is 2.24. The highest BCUT2D eigenvalue weighted by atomic mass is 32.1. The summed E-state index contributed by atoms with van der Waals surface area (Å²) in [6, 6.07) is 15.9. The van der Waals surface area contributed by atoms with Gasteiger partial charge in [0.2, 0.25) is 0 Å². The van der Waals surface area contributed by atoms with Crippen molar-refractivity contribution in [1.29, 1.82) is 0 Å². The number of ether oxygens (including phenoxy) is 1. The van der Waals surface area contributed by atoms with Crippen LogP contribution < -0.4 is 10.6 Å². The van der Waals surface area contributed by atoms with Gasteiger partial charge in [0, 0.05) is 16.1 Å². The fourth-order valence-electron chi connectivity index (χ4n) is 3.09. The second kappa shape index (κ2) is 8.54. The Labute approximate surface area is 174 Å². The Kier molecular flexibility index (Phi) is 6.11. The van der Waals surface area contributed by atoms with Crippen LogP contribution in [0.4, 0.5) is 10.7 Å². The quantitative estimate of drug-likeness (QED) is 0.412.